The molecule has 0 radical (unpaired) electrons. The first-order valence-corrected chi connectivity index (χ1v) is 8.37. The second kappa shape index (κ2) is 6.60. The van der Waals surface area contributed by atoms with Crippen LogP contribution in [0.25, 0.3) is 0 Å². The Kier molecular flexibility index (Phi) is 4.15. The van der Waals surface area contributed by atoms with E-state index in [1.54, 1.807) is 12.5 Å². The zero-order valence-corrected chi connectivity index (χ0v) is 14.2. The normalized spacial score (nSPS) is 14.4. The van der Waals surface area contributed by atoms with Gasteiger partial charge in [0.25, 0.3) is 5.91 Å². The topological polar surface area (TPSA) is 68.2 Å². The maximum Gasteiger partial charge on any atom is 0.268 e. The van der Waals surface area contributed by atoms with Crippen molar-refractivity contribution in [3.63, 3.8) is 0 Å². The lowest BCUT2D eigenvalue weighted by Gasteiger charge is -2.28. The van der Waals surface area contributed by atoms with Gasteiger partial charge in [-0.15, -0.1) is 0 Å². The van der Waals surface area contributed by atoms with Crippen LogP contribution in [0.3, 0.4) is 0 Å². The summed E-state index contributed by atoms with van der Waals surface area (Å²) in [7, 11) is 1.87. The van der Waals surface area contributed by atoms with Crippen molar-refractivity contribution in [3.05, 3.63) is 65.9 Å². The second-order valence-electron chi connectivity index (χ2n) is 6.35. The molecule has 1 aliphatic heterocycles. The van der Waals surface area contributed by atoms with Gasteiger partial charge in [-0.25, -0.2) is 4.98 Å². The molecule has 3 aromatic heterocycles. The van der Waals surface area contributed by atoms with Crippen molar-refractivity contribution in [1.82, 2.24) is 24.3 Å². The number of hydrogen-bond acceptors (Lipinski definition) is 4. The zero-order valence-electron chi connectivity index (χ0n) is 14.2. The molecule has 25 heavy (non-hydrogen) atoms. The van der Waals surface area contributed by atoms with Gasteiger partial charge >= 0.3 is 0 Å². The van der Waals surface area contributed by atoms with Crippen molar-refractivity contribution >= 4 is 5.91 Å². The van der Waals surface area contributed by atoms with Gasteiger partial charge in [0, 0.05) is 38.4 Å². The van der Waals surface area contributed by atoms with Gasteiger partial charge in [-0.1, -0.05) is 0 Å². The van der Waals surface area contributed by atoms with E-state index in [2.05, 4.69) is 19.8 Å². The maximum absolute atomic E-state index is 12.2. The minimum absolute atomic E-state index is 0.0690. The third kappa shape index (κ3) is 3.23. The standard InChI is InChI=1S/C18H21N5O2/c1-21-5-2-3-16(21)18(24)20-10-15-9-19-17-12-22(6-7-23(15)17)11-14-4-8-25-13-14/h2-5,8-9,13H,6-7,10-12H2,1H3,(H,20,24). The fourth-order valence-electron chi connectivity index (χ4n) is 3.25. The molecule has 0 saturated carbocycles. The molecule has 7 nitrogen and oxygen atoms in total. The van der Waals surface area contributed by atoms with Crippen LogP contribution in [-0.2, 0) is 33.2 Å². The molecule has 0 saturated heterocycles. The number of aromatic nitrogens is 3. The molecular weight excluding hydrogens is 318 g/mol. The Labute approximate surface area is 145 Å². The molecule has 4 rings (SSSR count). The maximum atomic E-state index is 12.2. The van der Waals surface area contributed by atoms with Crippen LogP contribution in [0.15, 0.2) is 47.5 Å². The van der Waals surface area contributed by atoms with Crippen LogP contribution >= 0.6 is 0 Å². The average molecular weight is 339 g/mol. The van der Waals surface area contributed by atoms with Crippen LogP contribution in [0.5, 0.6) is 0 Å². The summed E-state index contributed by atoms with van der Waals surface area (Å²) in [6.07, 6.45) is 7.21. The Morgan fingerprint density at radius 3 is 3.04 bits per heavy atom. The summed E-state index contributed by atoms with van der Waals surface area (Å²) in [6, 6.07) is 5.67. The van der Waals surface area contributed by atoms with Crippen LogP contribution in [0.4, 0.5) is 0 Å². The Morgan fingerprint density at radius 2 is 2.28 bits per heavy atom. The molecule has 0 aliphatic carbocycles. The molecule has 130 valence electrons. The predicted molar refractivity (Wildman–Crippen MR) is 91.6 cm³/mol. The Morgan fingerprint density at radius 1 is 1.36 bits per heavy atom. The summed E-state index contributed by atoms with van der Waals surface area (Å²) >= 11 is 0. The molecule has 1 aliphatic rings. The largest absolute Gasteiger partial charge is 0.472 e. The average Bonchev–Trinajstić information content (AvgIpc) is 3.34. The minimum Gasteiger partial charge on any atom is -0.472 e. The van der Waals surface area contributed by atoms with Crippen molar-refractivity contribution in [1.29, 1.82) is 0 Å². The smallest absolute Gasteiger partial charge is 0.268 e. The Balaban J connectivity index is 1.38. The summed E-state index contributed by atoms with van der Waals surface area (Å²) in [5, 5.41) is 2.98. The lowest BCUT2D eigenvalue weighted by atomic mass is 10.2. The molecule has 7 heteroatoms. The summed E-state index contributed by atoms with van der Waals surface area (Å²) in [4.78, 5) is 19.1. The lowest BCUT2D eigenvalue weighted by Crippen LogP contribution is -2.34. The second-order valence-corrected chi connectivity index (χ2v) is 6.35. The third-order valence-corrected chi connectivity index (χ3v) is 4.62. The van der Waals surface area contributed by atoms with E-state index in [9.17, 15) is 4.79 Å². The Hall–Kier alpha value is -2.80. The van der Waals surface area contributed by atoms with Crippen molar-refractivity contribution in [2.75, 3.05) is 6.54 Å². The number of amides is 1. The van der Waals surface area contributed by atoms with Crippen molar-refractivity contribution in [3.8, 4) is 0 Å². The van der Waals surface area contributed by atoms with Crippen LogP contribution in [0.2, 0.25) is 0 Å². The third-order valence-electron chi connectivity index (χ3n) is 4.62. The summed E-state index contributed by atoms with van der Waals surface area (Å²) in [5.74, 6) is 0.971. The van der Waals surface area contributed by atoms with E-state index in [1.807, 2.05) is 42.2 Å². The number of imidazole rings is 1. The van der Waals surface area contributed by atoms with E-state index >= 15 is 0 Å². The minimum atomic E-state index is -0.0690. The first kappa shape index (κ1) is 15.7. The van der Waals surface area contributed by atoms with Gasteiger partial charge in [0.1, 0.15) is 11.5 Å². The van der Waals surface area contributed by atoms with Crippen molar-refractivity contribution < 1.29 is 9.21 Å². The number of fused-ring (bicyclic) bond motifs is 1. The summed E-state index contributed by atoms with van der Waals surface area (Å²) in [5.41, 5.74) is 2.88. The first-order valence-electron chi connectivity index (χ1n) is 8.37. The van der Waals surface area contributed by atoms with Gasteiger partial charge in [0.05, 0.1) is 37.5 Å². The molecule has 3 aromatic rings. The summed E-state index contributed by atoms with van der Waals surface area (Å²) < 4.78 is 9.15. The number of aryl methyl sites for hydroxylation is 1. The highest BCUT2D eigenvalue weighted by Crippen LogP contribution is 2.17. The molecule has 1 N–H and O–H groups in total. The monoisotopic (exact) mass is 339 g/mol. The molecular formula is C18H21N5O2. The molecule has 0 spiro atoms. The van der Waals surface area contributed by atoms with Gasteiger partial charge < -0.3 is 18.9 Å². The zero-order chi connectivity index (χ0) is 17.2. The molecule has 0 bridgehead atoms. The quantitative estimate of drug-likeness (QED) is 0.769. The van der Waals surface area contributed by atoms with Gasteiger partial charge in [-0.2, -0.15) is 0 Å². The van der Waals surface area contributed by atoms with Gasteiger partial charge in [0.15, 0.2) is 0 Å². The number of carbonyl (C=O) groups excluding carboxylic acids is 1. The molecule has 1 amide bonds. The van der Waals surface area contributed by atoms with Gasteiger partial charge in [-0.3, -0.25) is 9.69 Å². The van der Waals surface area contributed by atoms with E-state index in [1.165, 1.54) is 5.56 Å². The van der Waals surface area contributed by atoms with E-state index in [0.29, 0.717) is 12.2 Å². The Bertz CT molecular complexity index is 862. The molecule has 0 unspecified atom stereocenters. The van der Waals surface area contributed by atoms with E-state index in [-0.39, 0.29) is 5.91 Å². The van der Waals surface area contributed by atoms with Crippen LogP contribution in [0.1, 0.15) is 27.6 Å². The fraction of sp³-hybridized carbons (Fsp3) is 0.333. The summed E-state index contributed by atoms with van der Waals surface area (Å²) in [6.45, 7) is 3.98. The van der Waals surface area contributed by atoms with Crippen molar-refractivity contribution in [2.45, 2.75) is 26.2 Å². The number of carbonyl (C=O) groups is 1. The SMILES string of the molecule is Cn1cccc1C(=O)NCc1cnc2n1CCN(Cc1ccoc1)C2. The lowest BCUT2D eigenvalue weighted by molar-refractivity contribution is 0.0941. The van der Waals surface area contributed by atoms with Gasteiger partial charge in [-0.05, 0) is 18.2 Å². The number of nitrogens with one attached hydrogen (secondary N) is 1. The number of hydrogen-bond donors (Lipinski definition) is 1. The fourth-order valence-corrected chi connectivity index (χ4v) is 3.25. The van der Waals surface area contributed by atoms with Gasteiger partial charge in [0.2, 0.25) is 0 Å². The molecule has 4 heterocycles. The first-order chi connectivity index (χ1) is 12.2. The number of nitrogens with zero attached hydrogens (tertiary/aromatic N) is 4. The van der Waals surface area contributed by atoms with Crippen LogP contribution < -0.4 is 5.32 Å². The predicted octanol–water partition coefficient (Wildman–Crippen LogP) is 1.76. The highest BCUT2D eigenvalue weighted by molar-refractivity contribution is 5.92. The highest BCUT2D eigenvalue weighted by atomic mass is 16.3. The number of rotatable bonds is 5. The molecule has 0 fully saturated rings. The number of furan rings is 1. The van der Waals surface area contributed by atoms with E-state index in [0.717, 1.165) is 37.7 Å². The van der Waals surface area contributed by atoms with Crippen LogP contribution in [0, 0.1) is 0 Å². The van der Waals surface area contributed by atoms with E-state index < -0.39 is 0 Å². The molecule has 0 atom stereocenters. The van der Waals surface area contributed by atoms with Crippen LogP contribution in [-0.4, -0.2) is 31.5 Å². The van der Waals surface area contributed by atoms with Crippen molar-refractivity contribution in [2.24, 2.45) is 7.05 Å². The van der Waals surface area contributed by atoms with E-state index in [4.69, 9.17) is 4.42 Å². The molecule has 0 aromatic carbocycles. The highest BCUT2D eigenvalue weighted by Gasteiger charge is 2.20.